The second-order valence-electron chi connectivity index (χ2n) is 2.42. The molecule has 0 saturated carbocycles. The summed E-state index contributed by atoms with van der Waals surface area (Å²) in [5.74, 6) is 5.07. The molecule has 1 heterocycles. The summed E-state index contributed by atoms with van der Waals surface area (Å²) in [7, 11) is 1.80. The minimum absolute atomic E-state index is 0.363. The van der Waals surface area contributed by atoms with Gasteiger partial charge in [0, 0.05) is 13.2 Å². The van der Waals surface area contributed by atoms with Crippen LogP contribution in [0.4, 0.5) is 0 Å². The van der Waals surface area contributed by atoms with Gasteiger partial charge in [0.15, 0.2) is 5.11 Å². The van der Waals surface area contributed by atoms with E-state index in [0.29, 0.717) is 16.7 Å². The molecule has 1 aromatic rings. The quantitative estimate of drug-likeness (QED) is 0.369. The van der Waals surface area contributed by atoms with E-state index >= 15 is 0 Å². The molecule has 0 bridgehead atoms. The molecule has 4 N–H and O–H groups in total. The van der Waals surface area contributed by atoms with E-state index < -0.39 is 0 Å². The molecule has 0 amide bonds. The second-order valence-corrected chi connectivity index (χ2v) is 3.24. The van der Waals surface area contributed by atoms with E-state index in [1.165, 1.54) is 0 Å². The molecule has 0 saturated heterocycles. The lowest BCUT2D eigenvalue weighted by atomic mass is 10.4. The average molecular weight is 220 g/mol. The number of aromatic nitrogens is 2. The van der Waals surface area contributed by atoms with Gasteiger partial charge in [-0.1, -0.05) is 11.6 Å². The third-order valence-electron chi connectivity index (χ3n) is 1.40. The zero-order chi connectivity index (χ0) is 9.84. The molecule has 0 aliphatic rings. The van der Waals surface area contributed by atoms with E-state index in [1.807, 2.05) is 0 Å². The summed E-state index contributed by atoms with van der Waals surface area (Å²) in [6, 6.07) is 0. The summed E-state index contributed by atoms with van der Waals surface area (Å²) in [4.78, 5) is 0. The Balaban J connectivity index is 2.54. The van der Waals surface area contributed by atoms with Crippen LogP contribution >= 0.6 is 23.8 Å². The SMILES string of the molecule is Cn1cc(Cl)c(CNC(=S)NN)n1. The summed E-state index contributed by atoms with van der Waals surface area (Å²) in [5, 5.41) is 7.92. The van der Waals surface area contributed by atoms with E-state index in [0.717, 1.165) is 5.69 Å². The van der Waals surface area contributed by atoms with Crippen LogP contribution in [0.2, 0.25) is 5.02 Å². The van der Waals surface area contributed by atoms with Crippen LogP contribution in [0.3, 0.4) is 0 Å². The van der Waals surface area contributed by atoms with Gasteiger partial charge < -0.3 is 10.7 Å². The summed E-state index contributed by atoms with van der Waals surface area (Å²) >= 11 is 10.6. The fraction of sp³-hybridized carbons (Fsp3) is 0.333. The Labute approximate surface area is 86.2 Å². The van der Waals surface area contributed by atoms with Crippen LogP contribution in [-0.4, -0.2) is 14.9 Å². The molecule has 0 aliphatic heterocycles. The Bertz CT molecular complexity index is 310. The first-order valence-corrected chi connectivity index (χ1v) is 4.34. The van der Waals surface area contributed by atoms with Crippen LogP contribution in [0.1, 0.15) is 5.69 Å². The summed E-state index contributed by atoms with van der Waals surface area (Å²) in [6.07, 6.45) is 1.72. The Morgan fingerprint density at radius 1 is 1.85 bits per heavy atom. The fourth-order valence-corrected chi connectivity index (χ4v) is 1.16. The van der Waals surface area contributed by atoms with E-state index in [2.05, 4.69) is 15.8 Å². The van der Waals surface area contributed by atoms with Gasteiger partial charge in [0.1, 0.15) is 5.69 Å². The highest BCUT2D eigenvalue weighted by Gasteiger charge is 2.04. The van der Waals surface area contributed by atoms with Crippen LogP contribution < -0.4 is 16.6 Å². The second kappa shape index (κ2) is 4.40. The van der Waals surface area contributed by atoms with Gasteiger partial charge in [-0.25, -0.2) is 5.84 Å². The lowest BCUT2D eigenvalue weighted by molar-refractivity contribution is 0.727. The van der Waals surface area contributed by atoms with Crippen molar-refractivity contribution in [1.29, 1.82) is 0 Å². The molecule has 72 valence electrons. The van der Waals surface area contributed by atoms with Gasteiger partial charge in [-0.15, -0.1) is 0 Å². The highest BCUT2D eigenvalue weighted by molar-refractivity contribution is 7.80. The summed E-state index contributed by atoms with van der Waals surface area (Å²) in [6.45, 7) is 0.461. The molecule has 13 heavy (non-hydrogen) atoms. The standard InChI is InChI=1S/C6H10ClN5S/c1-12-3-4(7)5(11-12)2-9-6(13)10-8/h3H,2,8H2,1H3,(H2,9,10,13). The maximum absolute atomic E-state index is 5.85. The number of halogens is 1. The fourth-order valence-electron chi connectivity index (χ4n) is 0.840. The maximum Gasteiger partial charge on any atom is 0.180 e. The molecule has 1 rings (SSSR count). The van der Waals surface area contributed by atoms with Crippen LogP contribution in [-0.2, 0) is 13.6 Å². The molecule has 0 aliphatic carbocycles. The summed E-state index contributed by atoms with van der Waals surface area (Å²) in [5.41, 5.74) is 3.04. The van der Waals surface area contributed by atoms with Gasteiger partial charge in [0.05, 0.1) is 11.6 Å². The van der Waals surface area contributed by atoms with Gasteiger partial charge in [0.2, 0.25) is 0 Å². The van der Waals surface area contributed by atoms with Crippen LogP contribution in [0.5, 0.6) is 0 Å². The third-order valence-corrected chi connectivity index (χ3v) is 1.98. The van der Waals surface area contributed by atoms with Crippen molar-refractivity contribution in [2.75, 3.05) is 0 Å². The molecular weight excluding hydrogens is 210 g/mol. The van der Waals surface area contributed by atoms with Gasteiger partial charge in [-0.05, 0) is 12.2 Å². The smallest absolute Gasteiger partial charge is 0.180 e. The average Bonchev–Trinajstić information content (AvgIpc) is 2.41. The zero-order valence-corrected chi connectivity index (χ0v) is 8.61. The Kier molecular flexibility index (Phi) is 3.47. The molecule has 0 aromatic carbocycles. The largest absolute Gasteiger partial charge is 0.356 e. The molecule has 0 atom stereocenters. The van der Waals surface area contributed by atoms with Crippen molar-refractivity contribution in [2.45, 2.75) is 6.54 Å². The predicted octanol–water partition coefficient (Wildman–Crippen LogP) is -0.0887. The van der Waals surface area contributed by atoms with Crippen LogP contribution in [0, 0.1) is 0 Å². The minimum Gasteiger partial charge on any atom is -0.356 e. The van der Waals surface area contributed by atoms with Crippen molar-refractivity contribution in [2.24, 2.45) is 12.9 Å². The number of hydrogen-bond donors (Lipinski definition) is 3. The Hall–Kier alpha value is -0.850. The molecule has 0 fully saturated rings. The minimum atomic E-state index is 0.363. The molecule has 0 spiro atoms. The monoisotopic (exact) mass is 219 g/mol. The topological polar surface area (TPSA) is 67.9 Å². The number of aryl methyl sites for hydroxylation is 1. The van der Waals surface area contributed by atoms with Crippen LogP contribution in [0.25, 0.3) is 0 Å². The van der Waals surface area contributed by atoms with Crippen molar-refractivity contribution in [3.05, 3.63) is 16.9 Å². The lowest BCUT2D eigenvalue weighted by Gasteiger charge is -2.04. The van der Waals surface area contributed by atoms with Gasteiger partial charge in [-0.3, -0.25) is 4.68 Å². The molecule has 0 unspecified atom stereocenters. The summed E-state index contributed by atoms with van der Waals surface area (Å²) < 4.78 is 1.64. The normalized spacial score (nSPS) is 9.77. The highest BCUT2D eigenvalue weighted by Crippen LogP contribution is 2.12. The maximum atomic E-state index is 5.85. The van der Waals surface area contributed by atoms with Crippen molar-refractivity contribution in [3.8, 4) is 0 Å². The molecule has 0 radical (unpaired) electrons. The highest BCUT2D eigenvalue weighted by atomic mass is 35.5. The number of nitrogens with zero attached hydrogens (tertiary/aromatic N) is 2. The number of hydrazine groups is 1. The predicted molar refractivity (Wildman–Crippen MR) is 55.0 cm³/mol. The van der Waals surface area contributed by atoms with Crippen molar-refractivity contribution in [3.63, 3.8) is 0 Å². The number of nitrogens with one attached hydrogen (secondary N) is 2. The van der Waals surface area contributed by atoms with Crippen molar-refractivity contribution in [1.82, 2.24) is 20.5 Å². The van der Waals surface area contributed by atoms with Gasteiger partial charge in [-0.2, -0.15) is 5.10 Å². The Morgan fingerprint density at radius 2 is 2.54 bits per heavy atom. The first-order valence-electron chi connectivity index (χ1n) is 3.56. The number of hydrogen-bond acceptors (Lipinski definition) is 3. The lowest BCUT2D eigenvalue weighted by Crippen LogP contribution is -2.39. The zero-order valence-electron chi connectivity index (χ0n) is 7.04. The number of thiocarbonyl (C=S) groups is 1. The third kappa shape index (κ3) is 2.83. The van der Waals surface area contributed by atoms with E-state index in [1.54, 1.807) is 17.9 Å². The molecule has 5 nitrogen and oxygen atoms in total. The van der Waals surface area contributed by atoms with Crippen molar-refractivity contribution >= 4 is 28.9 Å². The molecule has 7 heteroatoms. The van der Waals surface area contributed by atoms with E-state index in [-0.39, 0.29) is 0 Å². The first kappa shape index (κ1) is 10.2. The molecular formula is C6H10ClN5S. The van der Waals surface area contributed by atoms with E-state index in [4.69, 9.17) is 29.7 Å². The number of nitrogens with two attached hydrogens (primary N) is 1. The van der Waals surface area contributed by atoms with Crippen molar-refractivity contribution < 1.29 is 0 Å². The van der Waals surface area contributed by atoms with E-state index in [9.17, 15) is 0 Å². The number of rotatable bonds is 2. The van der Waals surface area contributed by atoms with Crippen LogP contribution in [0.15, 0.2) is 6.20 Å². The Morgan fingerprint density at radius 3 is 3.00 bits per heavy atom. The first-order chi connectivity index (χ1) is 6.13. The van der Waals surface area contributed by atoms with Gasteiger partial charge in [0.25, 0.3) is 0 Å². The molecule has 1 aromatic heterocycles. The van der Waals surface area contributed by atoms with Gasteiger partial charge >= 0.3 is 0 Å².